The highest BCUT2D eigenvalue weighted by Gasteiger charge is 2.11. The van der Waals surface area contributed by atoms with E-state index in [1.54, 1.807) is 0 Å². The number of allylic oxidation sites excluding steroid dienone is 1. The third-order valence-corrected chi connectivity index (χ3v) is 3.59. The van der Waals surface area contributed by atoms with Crippen molar-refractivity contribution < 1.29 is 4.42 Å². The quantitative estimate of drug-likeness (QED) is 0.637. The van der Waals surface area contributed by atoms with Crippen molar-refractivity contribution in [2.24, 2.45) is 0 Å². The molecule has 0 unspecified atom stereocenters. The fourth-order valence-electron chi connectivity index (χ4n) is 2.01. The van der Waals surface area contributed by atoms with Gasteiger partial charge in [-0.05, 0) is 52.2 Å². The largest absolute Gasteiger partial charge is 0.436 e. The van der Waals surface area contributed by atoms with Crippen LogP contribution in [0.2, 0.25) is 0 Å². The summed E-state index contributed by atoms with van der Waals surface area (Å²) in [5, 5.41) is 0. The summed E-state index contributed by atoms with van der Waals surface area (Å²) < 4.78 is 6.76. The smallest absolute Gasteiger partial charge is 0.228 e. The monoisotopic (exact) mass is 313 g/mol. The molecule has 1 heterocycles. The minimum Gasteiger partial charge on any atom is -0.436 e. The minimum atomic E-state index is 0.637. The summed E-state index contributed by atoms with van der Waals surface area (Å²) in [5.41, 5.74) is 3.85. The third-order valence-electron chi connectivity index (χ3n) is 2.94. The molecule has 0 bridgehead atoms. The predicted octanol–water partition coefficient (Wildman–Crippen LogP) is 4.99. The Kier molecular flexibility index (Phi) is 3.22. The predicted molar refractivity (Wildman–Crippen MR) is 81.0 cm³/mol. The van der Waals surface area contributed by atoms with E-state index in [4.69, 9.17) is 4.42 Å². The second kappa shape index (κ2) is 5.02. The van der Waals surface area contributed by atoms with Crippen LogP contribution in [0.1, 0.15) is 5.56 Å². The van der Waals surface area contributed by atoms with Crippen LogP contribution in [0, 0.1) is 0 Å². The number of oxazole rings is 1. The lowest BCUT2D eigenvalue weighted by atomic mass is 10.1. The molecule has 0 amide bonds. The number of hydrogen-bond acceptors (Lipinski definition) is 2. The normalized spacial score (nSPS) is 10.8. The summed E-state index contributed by atoms with van der Waals surface area (Å²) in [6, 6.07) is 13.9. The van der Waals surface area contributed by atoms with Crippen LogP contribution in [0.3, 0.4) is 0 Å². The van der Waals surface area contributed by atoms with Crippen molar-refractivity contribution in [2.45, 2.75) is 6.42 Å². The van der Waals surface area contributed by atoms with Gasteiger partial charge in [-0.2, -0.15) is 0 Å². The van der Waals surface area contributed by atoms with E-state index in [0.29, 0.717) is 5.89 Å². The molecule has 3 aromatic rings. The number of benzene rings is 2. The highest BCUT2D eigenvalue weighted by atomic mass is 79.9. The first-order chi connectivity index (χ1) is 9.28. The molecule has 0 radical (unpaired) electrons. The molecule has 2 aromatic carbocycles. The average Bonchev–Trinajstić information content (AvgIpc) is 2.82. The molecule has 0 N–H and O–H groups in total. The Bertz CT molecular complexity index is 712. The fourth-order valence-corrected chi connectivity index (χ4v) is 2.61. The fraction of sp³-hybridized carbons (Fsp3) is 0.0625. The van der Waals surface area contributed by atoms with E-state index in [0.717, 1.165) is 27.6 Å². The van der Waals surface area contributed by atoms with Crippen LogP contribution in [0.25, 0.3) is 22.6 Å². The molecule has 2 nitrogen and oxygen atoms in total. The van der Waals surface area contributed by atoms with E-state index in [9.17, 15) is 0 Å². The first-order valence-corrected chi connectivity index (χ1v) is 6.82. The summed E-state index contributed by atoms with van der Waals surface area (Å²) in [7, 11) is 0. The van der Waals surface area contributed by atoms with E-state index in [-0.39, 0.29) is 0 Å². The number of para-hydroxylation sites is 2. The second-order valence-electron chi connectivity index (χ2n) is 4.29. The molecule has 3 heteroatoms. The SMILES string of the molecule is C=CCc1ccc(-c2nc3ccccc3o2)c(Br)c1. The van der Waals surface area contributed by atoms with Crippen molar-refractivity contribution in [3.63, 3.8) is 0 Å². The van der Waals surface area contributed by atoms with Gasteiger partial charge in [-0.25, -0.2) is 4.98 Å². The third kappa shape index (κ3) is 2.34. The summed E-state index contributed by atoms with van der Waals surface area (Å²) in [6.45, 7) is 3.75. The maximum Gasteiger partial charge on any atom is 0.228 e. The maximum absolute atomic E-state index is 5.77. The van der Waals surface area contributed by atoms with Gasteiger partial charge in [0.05, 0.1) is 5.56 Å². The summed E-state index contributed by atoms with van der Waals surface area (Å²) in [5.74, 6) is 0.637. The molecule has 19 heavy (non-hydrogen) atoms. The van der Waals surface area contributed by atoms with Gasteiger partial charge in [0.25, 0.3) is 0 Å². The van der Waals surface area contributed by atoms with Gasteiger partial charge in [0, 0.05) is 4.47 Å². The Morgan fingerprint density at radius 2 is 2.05 bits per heavy atom. The average molecular weight is 314 g/mol. The first kappa shape index (κ1) is 12.2. The lowest BCUT2D eigenvalue weighted by Crippen LogP contribution is -1.84. The topological polar surface area (TPSA) is 26.0 Å². The highest BCUT2D eigenvalue weighted by molar-refractivity contribution is 9.10. The number of fused-ring (bicyclic) bond motifs is 1. The molecule has 0 aliphatic heterocycles. The number of rotatable bonds is 3. The van der Waals surface area contributed by atoms with Crippen LogP contribution in [0.15, 0.2) is 64.0 Å². The Morgan fingerprint density at radius 1 is 1.21 bits per heavy atom. The van der Waals surface area contributed by atoms with E-state index in [2.05, 4.69) is 39.6 Å². The van der Waals surface area contributed by atoms with Gasteiger partial charge in [0.1, 0.15) is 5.52 Å². The number of hydrogen-bond donors (Lipinski definition) is 0. The molecular weight excluding hydrogens is 302 g/mol. The van der Waals surface area contributed by atoms with Gasteiger partial charge in [-0.15, -0.1) is 6.58 Å². The molecule has 0 fully saturated rings. The summed E-state index contributed by atoms with van der Waals surface area (Å²) >= 11 is 3.58. The lowest BCUT2D eigenvalue weighted by molar-refractivity contribution is 0.619. The van der Waals surface area contributed by atoms with E-state index < -0.39 is 0 Å². The van der Waals surface area contributed by atoms with Crippen LogP contribution in [0.4, 0.5) is 0 Å². The van der Waals surface area contributed by atoms with E-state index in [1.807, 2.05) is 36.4 Å². The van der Waals surface area contributed by atoms with Gasteiger partial charge in [-0.1, -0.05) is 24.3 Å². The zero-order valence-corrected chi connectivity index (χ0v) is 11.9. The lowest BCUT2D eigenvalue weighted by Gasteiger charge is -2.02. The van der Waals surface area contributed by atoms with Gasteiger partial charge in [-0.3, -0.25) is 0 Å². The van der Waals surface area contributed by atoms with Crippen molar-refractivity contribution in [2.75, 3.05) is 0 Å². The molecule has 94 valence electrons. The molecule has 1 aromatic heterocycles. The van der Waals surface area contributed by atoms with Crippen LogP contribution in [-0.2, 0) is 6.42 Å². The molecule has 0 saturated carbocycles. The van der Waals surface area contributed by atoms with Crippen LogP contribution in [0.5, 0.6) is 0 Å². The molecule has 0 aliphatic carbocycles. The molecule has 3 rings (SSSR count). The van der Waals surface area contributed by atoms with Crippen molar-refractivity contribution in [1.82, 2.24) is 4.98 Å². The summed E-state index contributed by atoms with van der Waals surface area (Å²) in [4.78, 5) is 4.50. The summed E-state index contributed by atoms with van der Waals surface area (Å²) in [6.07, 6.45) is 2.74. The van der Waals surface area contributed by atoms with Gasteiger partial charge >= 0.3 is 0 Å². The van der Waals surface area contributed by atoms with Crippen molar-refractivity contribution in [1.29, 1.82) is 0 Å². The van der Waals surface area contributed by atoms with Crippen molar-refractivity contribution in [3.05, 3.63) is 65.2 Å². The molecule has 0 atom stereocenters. The zero-order valence-electron chi connectivity index (χ0n) is 10.3. The highest BCUT2D eigenvalue weighted by Crippen LogP contribution is 2.31. The van der Waals surface area contributed by atoms with E-state index in [1.165, 1.54) is 5.56 Å². The minimum absolute atomic E-state index is 0.637. The van der Waals surface area contributed by atoms with Gasteiger partial charge < -0.3 is 4.42 Å². The molecule has 0 spiro atoms. The first-order valence-electron chi connectivity index (χ1n) is 6.03. The second-order valence-corrected chi connectivity index (χ2v) is 5.15. The van der Waals surface area contributed by atoms with Crippen molar-refractivity contribution in [3.8, 4) is 11.5 Å². The van der Waals surface area contributed by atoms with Gasteiger partial charge in [0.2, 0.25) is 5.89 Å². The Hall–Kier alpha value is -1.87. The number of nitrogens with zero attached hydrogens (tertiary/aromatic N) is 1. The number of aromatic nitrogens is 1. The van der Waals surface area contributed by atoms with Crippen LogP contribution >= 0.6 is 15.9 Å². The Balaban J connectivity index is 2.08. The Morgan fingerprint density at radius 3 is 2.79 bits per heavy atom. The van der Waals surface area contributed by atoms with Crippen LogP contribution < -0.4 is 0 Å². The molecule has 0 saturated heterocycles. The van der Waals surface area contributed by atoms with E-state index >= 15 is 0 Å². The Labute approximate surface area is 119 Å². The van der Waals surface area contributed by atoms with Crippen molar-refractivity contribution >= 4 is 27.0 Å². The van der Waals surface area contributed by atoms with Gasteiger partial charge in [0.15, 0.2) is 5.58 Å². The molecular formula is C16H12BrNO. The standard InChI is InChI=1S/C16H12BrNO/c1-2-5-11-8-9-12(13(17)10-11)16-18-14-6-3-4-7-15(14)19-16/h2-4,6-10H,1,5H2. The maximum atomic E-state index is 5.77. The zero-order chi connectivity index (χ0) is 13.2. The van der Waals surface area contributed by atoms with Crippen LogP contribution in [-0.4, -0.2) is 4.98 Å². The molecule has 0 aliphatic rings. The number of halogens is 1.